The Morgan fingerprint density at radius 1 is 1.09 bits per heavy atom. The summed E-state index contributed by atoms with van der Waals surface area (Å²) in [4.78, 5) is 72.8. The molecule has 3 rings (SSSR count). The average Bonchev–Trinajstić information content (AvgIpc) is 2.98. The molecule has 1 aromatic rings. The molecule has 0 aromatic heterocycles. The van der Waals surface area contributed by atoms with Gasteiger partial charge < -0.3 is 15.2 Å². The molecule has 2 heterocycles. The molecule has 11 nitrogen and oxygen atoms in total. The van der Waals surface area contributed by atoms with Gasteiger partial charge in [0.2, 0.25) is 17.7 Å². The van der Waals surface area contributed by atoms with Gasteiger partial charge in [0, 0.05) is 32.5 Å². The lowest BCUT2D eigenvalue weighted by Crippen LogP contribution is -2.54. The van der Waals surface area contributed by atoms with Crippen LogP contribution in [-0.2, 0) is 23.9 Å². The van der Waals surface area contributed by atoms with E-state index in [9.17, 15) is 28.8 Å². The Labute approximate surface area is 183 Å². The number of aliphatic carboxylic acids is 1. The van der Waals surface area contributed by atoms with E-state index in [-0.39, 0.29) is 61.6 Å². The lowest BCUT2D eigenvalue weighted by molar-refractivity contribution is -0.138. The molecule has 1 fully saturated rings. The fourth-order valence-corrected chi connectivity index (χ4v) is 3.59. The second-order valence-electron chi connectivity index (χ2n) is 7.44. The maximum atomic E-state index is 13.0. The molecule has 1 aromatic carbocycles. The van der Waals surface area contributed by atoms with Crippen molar-refractivity contribution in [3.8, 4) is 0 Å². The molecule has 1 atom stereocenters. The van der Waals surface area contributed by atoms with E-state index in [0.717, 1.165) is 4.90 Å². The number of piperidine rings is 1. The van der Waals surface area contributed by atoms with Gasteiger partial charge in [0.1, 0.15) is 6.04 Å². The zero-order valence-electron chi connectivity index (χ0n) is 17.2. The molecule has 0 radical (unpaired) electrons. The molecular formula is C21H23N3O8. The first kappa shape index (κ1) is 23.1. The van der Waals surface area contributed by atoms with Gasteiger partial charge in [-0.15, -0.1) is 0 Å². The molecule has 170 valence electrons. The number of hydrogen-bond donors (Lipinski definition) is 3. The van der Waals surface area contributed by atoms with Gasteiger partial charge in [-0.05, 0) is 31.4 Å². The number of carbonyl (C=O) groups excluding carboxylic acids is 5. The molecule has 0 bridgehead atoms. The number of benzene rings is 1. The highest BCUT2D eigenvalue weighted by molar-refractivity contribution is 6.26. The zero-order valence-corrected chi connectivity index (χ0v) is 17.2. The van der Waals surface area contributed by atoms with Gasteiger partial charge >= 0.3 is 5.97 Å². The van der Waals surface area contributed by atoms with E-state index < -0.39 is 35.6 Å². The first-order chi connectivity index (χ1) is 15.3. The van der Waals surface area contributed by atoms with Gasteiger partial charge in [-0.2, -0.15) is 0 Å². The zero-order chi connectivity index (χ0) is 23.3. The van der Waals surface area contributed by atoms with Gasteiger partial charge in [-0.25, -0.2) is 0 Å². The third kappa shape index (κ3) is 5.17. The number of carboxylic acid groups (broad SMARTS) is 1. The summed E-state index contributed by atoms with van der Waals surface area (Å²) in [5.74, 6) is -3.78. The van der Waals surface area contributed by atoms with Crippen molar-refractivity contribution in [2.24, 2.45) is 0 Å². The summed E-state index contributed by atoms with van der Waals surface area (Å²) in [6.45, 7) is 0.563. The van der Waals surface area contributed by atoms with Gasteiger partial charge in [0.15, 0.2) is 0 Å². The highest BCUT2D eigenvalue weighted by atomic mass is 16.5. The van der Waals surface area contributed by atoms with E-state index in [2.05, 4.69) is 10.6 Å². The summed E-state index contributed by atoms with van der Waals surface area (Å²) in [5, 5.41) is 13.3. The number of rotatable bonds is 10. The predicted octanol–water partition coefficient (Wildman–Crippen LogP) is 0.688. The topological polar surface area (TPSA) is 159 Å². The SMILES string of the molecule is O=C(O)CCCOCCCC(=O)Nc1cccc2c1C(=O)N(C1CCC(=O)NC1=O)C2=O. The molecule has 11 heteroatoms. The van der Waals surface area contributed by atoms with E-state index in [1.165, 1.54) is 18.2 Å². The Hall–Kier alpha value is -3.60. The van der Waals surface area contributed by atoms with Gasteiger partial charge in [-0.1, -0.05) is 6.07 Å². The molecule has 1 saturated heterocycles. The maximum Gasteiger partial charge on any atom is 0.303 e. The van der Waals surface area contributed by atoms with Crippen molar-refractivity contribution >= 4 is 41.2 Å². The molecule has 0 aliphatic carbocycles. The molecule has 2 aliphatic rings. The lowest BCUT2D eigenvalue weighted by atomic mass is 10.0. The standard InChI is InChI=1S/C21H23N3O8/c25-15(6-2-10-32-11-3-7-17(27)28)22-13-5-1-4-12-18(13)21(31)24(20(12)30)14-8-9-16(26)23-19(14)29/h1,4-5,14H,2-3,6-11H2,(H,22,25)(H,27,28)(H,23,26,29). The van der Waals surface area contributed by atoms with Crippen LogP contribution in [0.1, 0.15) is 59.2 Å². The van der Waals surface area contributed by atoms with Crippen molar-refractivity contribution in [3.63, 3.8) is 0 Å². The van der Waals surface area contributed by atoms with Gasteiger partial charge in [0.05, 0.1) is 16.8 Å². The number of imide groups is 2. The minimum absolute atomic E-state index is 0.0143. The van der Waals surface area contributed by atoms with Crippen LogP contribution in [0.3, 0.4) is 0 Å². The van der Waals surface area contributed by atoms with Crippen LogP contribution in [0.4, 0.5) is 5.69 Å². The van der Waals surface area contributed by atoms with E-state index in [1.807, 2.05) is 0 Å². The van der Waals surface area contributed by atoms with Crippen molar-refractivity contribution in [3.05, 3.63) is 29.3 Å². The molecule has 0 saturated carbocycles. The van der Waals surface area contributed by atoms with Gasteiger partial charge in [0.25, 0.3) is 11.8 Å². The van der Waals surface area contributed by atoms with E-state index in [0.29, 0.717) is 12.8 Å². The van der Waals surface area contributed by atoms with Crippen molar-refractivity contribution in [2.45, 2.75) is 44.6 Å². The summed E-state index contributed by atoms with van der Waals surface area (Å²) in [7, 11) is 0. The minimum Gasteiger partial charge on any atom is -0.481 e. The van der Waals surface area contributed by atoms with Crippen LogP contribution >= 0.6 is 0 Å². The van der Waals surface area contributed by atoms with Crippen molar-refractivity contribution in [2.75, 3.05) is 18.5 Å². The van der Waals surface area contributed by atoms with Crippen LogP contribution in [0.25, 0.3) is 0 Å². The van der Waals surface area contributed by atoms with Crippen molar-refractivity contribution < 1.29 is 38.6 Å². The Morgan fingerprint density at radius 3 is 2.50 bits per heavy atom. The normalized spacial score (nSPS) is 17.9. The number of carboxylic acids is 1. The smallest absolute Gasteiger partial charge is 0.303 e. The molecular weight excluding hydrogens is 422 g/mol. The Bertz CT molecular complexity index is 974. The fourth-order valence-electron chi connectivity index (χ4n) is 3.59. The molecule has 5 amide bonds. The molecule has 1 unspecified atom stereocenters. The first-order valence-electron chi connectivity index (χ1n) is 10.2. The Balaban J connectivity index is 1.59. The van der Waals surface area contributed by atoms with Crippen LogP contribution in [0, 0.1) is 0 Å². The number of nitrogens with zero attached hydrogens (tertiary/aromatic N) is 1. The Kier molecular flexibility index (Phi) is 7.31. The molecule has 2 aliphatic heterocycles. The van der Waals surface area contributed by atoms with E-state index >= 15 is 0 Å². The number of fused-ring (bicyclic) bond motifs is 1. The number of ether oxygens (including phenoxy) is 1. The van der Waals surface area contributed by atoms with E-state index in [4.69, 9.17) is 9.84 Å². The van der Waals surface area contributed by atoms with Crippen LogP contribution in [0.15, 0.2) is 18.2 Å². The summed E-state index contributed by atoms with van der Waals surface area (Å²) in [5.41, 5.74) is 0.266. The van der Waals surface area contributed by atoms with Crippen LogP contribution in [-0.4, -0.2) is 64.8 Å². The predicted molar refractivity (Wildman–Crippen MR) is 109 cm³/mol. The number of hydrogen-bond acceptors (Lipinski definition) is 7. The third-order valence-corrected chi connectivity index (χ3v) is 5.11. The quantitative estimate of drug-likeness (QED) is 0.350. The van der Waals surface area contributed by atoms with Crippen LogP contribution in [0.2, 0.25) is 0 Å². The molecule has 0 spiro atoms. The molecule has 3 N–H and O–H groups in total. The monoisotopic (exact) mass is 445 g/mol. The number of anilines is 1. The second kappa shape index (κ2) is 10.1. The summed E-state index contributed by atoms with van der Waals surface area (Å²) >= 11 is 0. The summed E-state index contributed by atoms with van der Waals surface area (Å²) in [6.07, 6.45) is 0.959. The van der Waals surface area contributed by atoms with Crippen molar-refractivity contribution in [1.29, 1.82) is 0 Å². The summed E-state index contributed by atoms with van der Waals surface area (Å²) < 4.78 is 5.28. The van der Waals surface area contributed by atoms with E-state index in [1.54, 1.807) is 0 Å². The lowest BCUT2D eigenvalue weighted by Gasteiger charge is -2.27. The number of amides is 5. The summed E-state index contributed by atoms with van der Waals surface area (Å²) in [6, 6.07) is 3.39. The second-order valence-corrected chi connectivity index (χ2v) is 7.44. The van der Waals surface area contributed by atoms with Crippen molar-refractivity contribution in [1.82, 2.24) is 10.2 Å². The highest BCUT2D eigenvalue weighted by Gasteiger charge is 2.45. The average molecular weight is 445 g/mol. The maximum absolute atomic E-state index is 13.0. The molecule has 32 heavy (non-hydrogen) atoms. The third-order valence-electron chi connectivity index (χ3n) is 5.11. The highest BCUT2D eigenvalue weighted by Crippen LogP contribution is 2.32. The van der Waals surface area contributed by atoms with Gasteiger partial charge in [-0.3, -0.25) is 39.0 Å². The van der Waals surface area contributed by atoms with Crippen LogP contribution in [0.5, 0.6) is 0 Å². The number of nitrogens with one attached hydrogen (secondary N) is 2. The fraction of sp³-hybridized carbons (Fsp3) is 0.429. The first-order valence-corrected chi connectivity index (χ1v) is 10.2. The largest absolute Gasteiger partial charge is 0.481 e. The minimum atomic E-state index is -1.08. The number of carbonyl (C=O) groups is 6. The van der Waals surface area contributed by atoms with Crippen LogP contribution < -0.4 is 10.6 Å². The Morgan fingerprint density at radius 2 is 1.81 bits per heavy atom.